The second-order valence-electron chi connectivity index (χ2n) is 6.14. The summed E-state index contributed by atoms with van der Waals surface area (Å²) in [5.74, 6) is 1.61. The molecule has 1 aromatic carbocycles. The van der Waals surface area contributed by atoms with Gasteiger partial charge < -0.3 is 9.47 Å². The molecule has 1 aliphatic rings. The molecule has 0 fully saturated rings. The number of aromatic nitrogens is 5. The third kappa shape index (κ3) is 2.29. The Kier molecular flexibility index (Phi) is 3.41. The van der Waals surface area contributed by atoms with Crippen molar-refractivity contribution in [3.8, 4) is 11.4 Å². The van der Waals surface area contributed by atoms with Gasteiger partial charge in [-0.2, -0.15) is 5.10 Å². The Hall–Kier alpha value is -2.96. The van der Waals surface area contributed by atoms with Gasteiger partial charge in [-0.3, -0.25) is 9.89 Å². The molecule has 3 heterocycles. The first kappa shape index (κ1) is 14.6. The quantitative estimate of drug-likeness (QED) is 0.784. The largest absolute Gasteiger partial charge is 0.328 e. The zero-order chi connectivity index (χ0) is 16.7. The van der Waals surface area contributed by atoms with Gasteiger partial charge in [-0.05, 0) is 19.4 Å². The summed E-state index contributed by atoms with van der Waals surface area (Å²) in [5, 5.41) is 15.4. The fraction of sp³-hybridized carbons (Fsp3) is 0.294. The van der Waals surface area contributed by atoms with E-state index in [4.69, 9.17) is 0 Å². The Morgan fingerprint density at radius 2 is 2.04 bits per heavy atom. The van der Waals surface area contributed by atoms with Crippen molar-refractivity contribution in [2.75, 3.05) is 6.54 Å². The van der Waals surface area contributed by atoms with Gasteiger partial charge in [0, 0.05) is 12.1 Å². The van der Waals surface area contributed by atoms with E-state index >= 15 is 0 Å². The Balaban J connectivity index is 1.66. The molecule has 0 saturated carbocycles. The van der Waals surface area contributed by atoms with Gasteiger partial charge in [-0.25, -0.2) is 0 Å². The van der Waals surface area contributed by atoms with Gasteiger partial charge >= 0.3 is 0 Å². The van der Waals surface area contributed by atoms with Crippen LogP contribution in [-0.2, 0) is 6.54 Å². The lowest BCUT2D eigenvalue weighted by Gasteiger charge is -2.32. The molecule has 4 rings (SSSR count). The standard InChI is InChI=1S/C17H18N6O/c1-11-8-18-20-15(11)17(24)22-9-12(2)23-14(10-22)19-21-16(23)13-6-4-3-5-7-13/h3-8,12H,9-10H2,1-2H3,(H,18,20)/t12-/m0/s1. The van der Waals surface area contributed by atoms with Gasteiger partial charge in [-0.15, -0.1) is 10.2 Å². The second-order valence-corrected chi connectivity index (χ2v) is 6.14. The number of fused-ring (bicyclic) bond motifs is 1. The number of carbonyl (C=O) groups is 1. The first-order valence-electron chi connectivity index (χ1n) is 7.93. The van der Waals surface area contributed by atoms with Crippen LogP contribution in [0.15, 0.2) is 36.5 Å². The molecule has 0 aliphatic carbocycles. The van der Waals surface area contributed by atoms with Gasteiger partial charge in [0.15, 0.2) is 11.6 Å². The number of hydrogen-bond acceptors (Lipinski definition) is 4. The minimum Gasteiger partial charge on any atom is -0.328 e. The molecule has 1 amide bonds. The van der Waals surface area contributed by atoms with Crippen LogP contribution in [0.2, 0.25) is 0 Å². The average Bonchev–Trinajstić information content (AvgIpc) is 3.21. The monoisotopic (exact) mass is 322 g/mol. The summed E-state index contributed by atoms with van der Waals surface area (Å²) in [6, 6.07) is 10.1. The molecule has 0 radical (unpaired) electrons. The minimum atomic E-state index is -0.0487. The molecule has 1 atom stereocenters. The van der Waals surface area contributed by atoms with Crippen molar-refractivity contribution in [1.29, 1.82) is 0 Å². The lowest BCUT2D eigenvalue weighted by atomic mass is 10.1. The Labute approximate surface area is 139 Å². The number of benzene rings is 1. The highest BCUT2D eigenvalue weighted by Gasteiger charge is 2.31. The van der Waals surface area contributed by atoms with Crippen LogP contribution in [0.4, 0.5) is 0 Å². The number of H-pyrrole nitrogens is 1. The Bertz CT molecular complexity index is 882. The fourth-order valence-electron chi connectivity index (χ4n) is 3.19. The summed E-state index contributed by atoms with van der Waals surface area (Å²) >= 11 is 0. The van der Waals surface area contributed by atoms with E-state index in [2.05, 4.69) is 31.9 Å². The molecule has 7 nitrogen and oxygen atoms in total. The van der Waals surface area contributed by atoms with Crippen molar-refractivity contribution in [2.45, 2.75) is 26.4 Å². The van der Waals surface area contributed by atoms with E-state index in [1.165, 1.54) is 0 Å². The highest BCUT2D eigenvalue weighted by atomic mass is 16.2. The van der Waals surface area contributed by atoms with E-state index < -0.39 is 0 Å². The minimum absolute atomic E-state index is 0.0487. The fourth-order valence-corrected chi connectivity index (χ4v) is 3.19. The topological polar surface area (TPSA) is 79.7 Å². The summed E-state index contributed by atoms with van der Waals surface area (Å²) in [6.07, 6.45) is 1.66. The van der Waals surface area contributed by atoms with Crippen molar-refractivity contribution in [3.63, 3.8) is 0 Å². The number of aromatic amines is 1. The van der Waals surface area contributed by atoms with Gasteiger partial charge in [-0.1, -0.05) is 30.3 Å². The maximum absolute atomic E-state index is 12.7. The van der Waals surface area contributed by atoms with E-state index in [0.29, 0.717) is 18.8 Å². The second kappa shape index (κ2) is 5.59. The SMILES string of the molecule is Cc1cn[nH]c1C(=O)N1Cc2nnc(-c3ccccc3)n2[C@@H](C)C1. The molecule has 2 aromatic heterocycles. The third-order valence-electron chi connectivity index (χ3n) is 4.39. The summed E-state index contributed by atoms with van der Waals surface area (Å²) in [7, 11) is 0. The van der Waals surface area contributed by atoms with Crippen molar-refractivity contribution in [1.82, 2.24) is 29.9 Å². The number of nitrogens with one attached hydrogen (secondary N) is 1. The van der Waals surface area contributed by atoms with Crippen LogP contribution in [0.25, 0.3) is 11.4 Å². The van der Waals surface area contributed by atoms with Gasteiger partial charge in [0.25, 0.3) is 5.91 Å². The van der Waals surface area contributed by atoms with E-state index in [9.17, 15) is 4.79 Å². The van der Waals surface area contributed by atoms with Gasteiger partial charge in [0.05, 0.1) is 18.8 Å². The molecule has 0 saturated heterocycles. The van der Waals surface area contributed by atoms with Crippen LogP contribution in [0, 0.1) is 6.92 Å². The van der Waals surface area contributed by atoms with Crippen LogP contribution < -0.4 is 0 Å². The van der Waals surface area contributed by atoms with Crippen molar-refractivity contribution < 1.29 is 4.79 Å². The number of nitrogens with zero attached hydrogens (tertiary/aromatic N) is 5. The number of carbonyl (C=O) groups excluding carboxylic acids is 1. The maximum Gasteiger partial charge on any atom is 0.272 e. The highest BCUT2D eigenvalue weighted by Crippen LogP contribution is 2.28. The predicted octanol–water partition coefficient (Wildman–Crippen LogP) is 2.19. The van der Waals surface area contributed by atoms with Crippen LogP contribution in [-0.4, -0.2) is 42.3 Å². The maximum atomic E-state index is 12.7. The number of amides is 1. The van der Waals surface area contributed by atoms with Crippen LogP contribution in [0.5, 0.6) is 0 Å². The first-order valence-corrected chi connectivity index (χ1v) is 7.93. The molecule has 7 heteroatoms. The first-order chi connectivity index (χ1) is 11.6. The van der Waals surface area contributed by atoms with Gasteiger partial charge in [0.1, 0.15) is 5.69 Å². The van der Waals surface area contributed by atoms with E-state index in [1.807, 2.05) is 37.3 Å². The van der Waals surface area contributed by atoms with E-state index in [-0.39, 0.29) is 11.9 Å². The van der Waals surface area contributed by atoms with Crippen molar-refractivity contribution >= 4 is 5.91 Å². The molecule has 3 aromatic rings. The molecule has 24 heavy (non-hydrogen) atoms. The molecule has 1 aliphatic heterocycles. The molecular formula is C17H18N6O. The summed E-state index contributed by atoms with van der Waals surface area (Å²) in [6.45, 7) is 5.02. The van der Waals surface area contributed by atoms with Crippen LogP contribution >= 0.6 is 0 Å². The van der Waals surface area contributed by atoms with E-state index in [0.717, 1.165) is 22.8 Å². The number of hydrogen-bond donors (Lipinski definition) is 1. The van der Waals surface area contributed by atoms with Gasteiger partial charge in [0.2, 0.25) is 0 Å². The third-order valence-corrected chi connectivity index (χ3v) is 4.39. The van der Waals surface area contributed by atoms with Crippen LogP contribution in [0.3, 0.4) is 0 Å². The summed E-state index contributed by atoms with van der Waals surface area (Å²) in [5.41, 5.74) is 2.43. The molecule has 0 unspecified atom stereocenters. The number of aryl methyl sites for hydroxylation is 1. The molecule has 122 valence electrons. The Morgan fingerprint density at radius 3 is 2.75 bits per heavy atom. The highest BCUT2D eigenvalue weighted by molar-refractivity contribution is 5.93. The van der Waals surface area contributed by atoms with E-state index in [1.54, 1.807) is 11.1 Å². The molecule has 0 spiro atoms. The average molecular weight is 322 g/mol. The Morgan fingerprint density at radius 1 is 1.25 bits per heavy atom. The molecule has 1 N–H and O–H groups in total. The zero-order valence-corrected chi connectivity index (χ0v) is 13.6. The predicted molar refractivity (Wildman–Crippen MR) is 88.2 cm³/mol. The van der Waals surface area contributed by atoms with Crippen molar-refractivity contribution in [2.24, 2.45) is 0 Å². The summed E-state index contributed by atoms with van der Waals surface area (Å²) in [4.78, 5) is 14.5. The smallest absolute Gasteiger partial charge is 0.272 e. The molecular weight excluding hydrogens is 304 g/mol. The normalized spacial score (nSPS) is 16.9. The van der Waals surface area contributed by atoms with Crippen LogP contribution in [0.1, 0.15) is 34.8 Å². The lowest BCUT2D eigenvalue weighted by Crippen LogP contribution is -2.40. The summed E-state index contributed by atoms with van der Waals surface area (Å²) < 4.78 is 2.12. The lowest BCUT2D eigenvalue weighted by molar-refractivity contribution is 0.0675. The van der Waals surface area contributed by atoms with Crippen molar-refractivity contribution in [3.05, 3.63) is 53.6 Å². The number of rotatable bonds is 2. The zero-order valence-electron chi connectivity index (χ0n) is 13.6. The molecule has 0 bridgehead atoms.